The highest BCUT2D eigenvalue weighted by molar-refractivity contribution is 5.83. The van der Waals surface area contributed by atoms with E-state index >= 15 is 0 Å². The molecule has 0 aromatic carbocycles. The second-order valence-electron chi connectivity index (χ2n) is 6.39. The lowest BCUT2D eigenvalue weighted by atomic mass is 9.96. The van der Waals surface area contributed by atoms with Gasteiger partial charge in [-0.05, 0) is 34.1 Å². The highest BCUT2D eigenvalue weighted by Gasteiger charge is 2.51. The minimum Gasteiger partial charge on any atom is -0.464 e. The van der Waals surface area contributed by atoms with Crippen LogP contribution in [0.15, 0.2) is 0 Å². The third-order valence-electron chi connectivity index (χ3n) is 3.63. The van der Waals surface area contributed by atoms with Gasteiger partial charge in [0.25, 0.3) is 0 Å². The van der Waals surface area contributed by atoms with Crippen molar-refractivity contribution in [2.75, 3.05) is 19.7 Å². The number of ether oxygens (including phenoxy) is 2. The molecule has 2 aliphatic rings. The number of fused-ring (bicyclic) bond motifs is 2. The quantitative estimate of drug-likeness (QED) is 0.770. The van der Waals surface area contributed by atoms with E-state index in [0.29, 0.717) is 13.2 Å². The lowest BCUT2D eigenvalue weighted by molar-refractivity contribution is -0.149. The van der Waals surface area contributed by atoms with Crippen molar-refractivity contribution < 1.29 is 19.1 Å². The van der Waals surface area contributed by atoms with Crippen molar-refractivity contribution in [1.82, 2.24) is 10.2 Å². The summed E-state index contributed by atoms with van der Waals surface area (Å²) in [5.74, 6) is -0.213. The number of rotatable bonds is 2. The molecule has 2 saturated heterocycles. The topological polar surface area (TPSA) is 67.9 Å². The molecular formula is C14H24N2O4. The maximum absolute atomic E-state index is 12.4. The van der Waals surface area contributed by atoms with Gasteiger partial charge in [-0.25, -0.2) is 9.59 Å². The number of likely N-dealkylation sites (tertiary alicyclic amines) is 1. The second kappa shape index (κ2) is 5.60. The standard InChI is InChI=1S/C14H24N2O4/c1-5-19-12(17)11-9-6-10(8-15-7-9)16(11)13(18)20-14(2,3)4/h9-11,15H,5-8H2,1-4H3/t9-,10+,11-/m1/s1. The van der Waals surface area contributed by atoms with E-state index in [1.54, 1.807) is 11.8 Å². The molecule has 0 saturated carbocycles. The molecule has 1 amide bonds. The van der Waals surface area contributed by atoms with Crippen molar-refractivity contribution in [1.29, 1.82) is 0 Å². The van der Waals surface area contributed by atoms with Crippen LogP contribution in [0.5, 0.6) is 0 Å². The molecule has 2 rings (SSSR count). The van der Waals surface area contributed by atoms with Crippen molar-refractivity contribution in [2.45, 2.75) is 51.8 Å². The van der Waals surface area contributed by atoms with Gasteiger partial charge in [-0.15, -0.1) is 0 Å². The largest absolute Gasteiger partial charge is 0.464 e. The first-order valence-electron chi connectivity index (χ1n) is 7.22. The number of nitrogens with one attached hydrogen (secondary N) is 1. The first-order chi connectivity index (χ1) is 9.33. The van der Waals surface area contributed by atoms with Gasteiger partial charge in [0.2, 0.25) is 0 Å². The summed E-state index contributed by atoms with van der Waals surface area (Å²) in [5.41, 5.74) is -0.569. The Kier molecular flexibility index (Phi) is 4.22. The summed E-state index contributed by atoms with van der Waals surface area (Å²) in [6.45, 7) is 9.00. The maximum Gasteiger partial charge on any atom is 0.411 e. The van der Waals surface area contributed by atoms with Crippen LogP contribution in [0.2, 0.25) is 0 Å². The van der Waals surface area contributed by atoms with Crippen molar-refractivity contribution in [2.24, 2.45) is 5.92 Å². The van der Waals surface area contributed by atoms with E-state index in [1.807, 2.05) is 20.8 Å². The van der Waals surface area contributed by atoms with Crippen LogP contribution in [-0.2, 0) is 14.3 Å². The van der Waals surface area contributed by atoms with E-state index in [4.69, 9.17) is 9.47 Å². The number of amides is 1. The van der Waals surface area contributed by atoms with Crippen LogP contribution in [0.1, 0.15) is 34.1 Å². The van der Waals surface area contributed by atoms with Crippen LogP contribution in [0.3, 0.4) is 0 Å². The number of hydrogen-bond donors (Lipinski definition) is 1. The minimum absolute atomic E-state index is 0.0120. The van der Waals surface area contributed by atoms with Crippen molar-refractivity contribution in [3.63, 3.8) is 0 Å². The van der Waals surface area contributed by atoms with E-state index < -0.39 is 17.7 Å². The number of esters is 1. The van der Waals surface area contributed by atoms with Crippen LogP contribution < -0.4 is 5.32 Å². The van der Waals surface area contributed by atoms with Gasteiger partial charge in [-0.3, -0.25) is 4.90 Å². The molecule has 2 aliphatic heterocycles. The SMILES string of the molecule is CCOC(=O)[C@H]1[C@H]2CNC[C@H](C2)N1C(=O)OC(C)(C)C. The van der Waals surface area contributed by atoms with Gasteiger partial charge >= 0.3 is 12.1 Å². The Morgan fingerprint density at radius 1 is 1.30 bits per heavy atom. The summed E-state index contributed by atoms with van der Waals surface area (Å²) in [5, 5.41) is 3.26. The first-order valence-corrected chi connectivity index (χ1v) is 7.22. The van der Waals surface area contributed by atoms with Crippen LogP contribution in [-0.4, -0.2) is 54.3 Å². The molecule has 2 heterocycles. The Labute approximate surface area is 119 Å². The second-order valence-corrected chi connectivity index (χ2v) is 6.39. The molecule has 0 spiro atoms. The number of carbonyl (C=O) groups excluding carboxylic acids is 2. The number of hydrogen-bond acceptors (Lipinski definition) is 5. The van der Waals surface area contributed by atoms with Crippen molar-refractivity contribution in [3.05, 3.63) is 0 Å². The summed E-state index contributed by atoms with van der Waals surface area (Å²) in [6.07, 6.45) is 0.405. The fraction of sp³-hybridized carbons (Fsp3) is 0.857. The predicted octanol–water partition coefficient (Wildman–Crippen LogP) is 1.15. The van der Waals surface area contributed by atoms with Crippen molar-refractivity contribution >= 4 is 12.1 Å². The van der Waals surface area contributed by atoms with Crippen LogP contribution in [0.25, 0.3) is 0 Å². The molecule has 2 bridgehead atoms. The summed E-state index contributed by atoms with van der Waals surface area (Å²) in [6, 6.07) is -0.511. The number of carbonyl (C=O) groups is 2. The van der Waals surface area contributed by atoms with Crippen molar-refractivity contribution in [3.8, 4) is 0 Å². The molecule has 6 nitrogen and oxygen atoms in total. The Bertz CT molecular complexity index is 391. The van der Waals surface area contributed by atoms with Gasteiger partial charge in [0.15, 0.2) is 0 Å². The normalized spacial score (nSPS) is 29.2. The van der Waals surface area contributed by atoms with E-state index in [9.17, 15) is 9.59 Å². The summed E-state index contributed by atoms with van der Waals surface area (Å²) >= 11 is 0. The van der Waals surface area contributed by atoms with Gasteiger partial charge in [0, 0.05) is 25.0 Å². The van der Waals surface area contributed by atoms with E-state index in [2.05, 4.69) is 5.32 Å². The van der Waals surface area contributed by atoms with Crippen LogP contribution >= 0.6 is 0 Å². The maximum atomic E-state index is 12.4. The highest BCUT2D eigenvalue weighted by atomic mass is 16.6. The molecule has 3 atom stereocenters. The molecule has 20 heavy (non-hydrogen) atoms. The zero-order chi connectivity index (χ0) is 14.9. The molecule has 1 N–H and O–H groups in total. The van der Waals surface area contributed by atoms with Gasteiger partial charge in [-0.2, -0.15) is 0 Å². The van der Waals surface area contributed by atoms with Crippen LogP contribution in [0, 0.1) is 5.92 Å². The number of piperidine rings is 1. The molecule has 2 fully saturated rings. The fourth-order valence-corrected chi connectivity index (χ4v) is 2.97. The third kappa shape index (κ3) is 3.06. The third-order valence-corrected chi connectivity index (χ3v) is 3.63. The minimum atomic E-state index is -0.569. The molecular weight excluding hydrogens is 260 g/mol. The van der Waals surface area contributed by atoms with E-state index in [1.165, 1.54) is 0 Å². The molecule has 0 unspecified atom stereocenters. The summed E-state index contributed by atoms with van der Waals surface area (Å²) in [7, 11) is 0. The molecule has 114 valence electrons. The van der Waals surface area contributed by atoms with Gasteiger partial charge in [0.1, 0.15) is 11.6 Å². The molecule has 6 heteroatoms. The lowest BCUT2D eigenvalue weighted by Gasteiger charge is -2.31. The smallest absolute Gasteiger partial charge is 0.411 e. The van der Waals surface area contributed by atoms with E-state index in [-0.39, 0.29) is 17.9 Å². The molecule has 0 radical (unpaired) electrons. The average Bonchev–Trinajstić information content (AvgIpc) is 2.58. The Morgan fingerprint density at radius 3 is 2.60 bits per heavy atom. The predicted molar refractivity (Wildman–Crippen MR) is 73.3 cm³/mol. The van der Waals surface area contributed by atoms with E-state index in [0.717, 1.165) is 13.0 Å². The van der Waals surface area contributed by atoms with Gasteiger partial charge in [0.05, 0.1) is 6.61 Å². The Balaban J connectivity index is 2.18. The lowest BCUT2D eigenvalue weighted by Crippen LogP contribution is -2.49. The zero-order valence-electron chi connectivity index (χ0n) is 12.6. The fourth-order valence-electron chi connectivity index (χ4n) is 2.97. The summed E-state index contributed by atoms with van der Waals surface area (Å²) < 4.78 is 10.6. The Morgan fingerprint density at radius 2 is 2.00 bits per heavy atom. The summed E-state index contributed by atoms with van der Waals surface area (Å²) in [4.78, 5) is 26.1. The molecule has 0 aliphatic carbocycles. The zero-order valence-corrected chi connectivity index (χ0v) is 12.6. The molecule has 0 aromatic rings. The van der Waals surface area contributed by atoms with Gasteiger partial charge in [-0.1, -0.05) is 0 Å². The van der Waals surface area contributed by atoms with Crippen LogP contribution in [0.4, 0.5) is 4.79 Å². The van der Waals surface area contributed by atoms with Gasteiger partial charge < -0.3 is 14.8 Å². The first kappa shape index (κ1) is 15.1. The Hall–Kier alpha value is -1.30. The monoisotopic (exact) mass is 284 g/mol. The average molecular weight is 284 g/mol. The molecule has 0 aromatic heterocycles. The number of nitrogens with zero attached hydrogens (tertiary/aromatic N) is 1. The highest BCUT2D eigenvalue weighted by Crippen LogP contribution is 2.34.